The van der Waals surface area contributed by atoms with Crippen LogP contribution in [0, 0.1) is 18.6 Å². The van der Waals surface area contributed by atoms with Gasteiger partial charge in [-0.2, -0.15) is 0 Å². The standard InChI is InChI=1S/C14H13F2NO2S/c1-10-2-4-11(5-3-10)9-17-20(18,19)12-6-7-13(15)14(16)8-12/h2-8,17H,9H2,1H3. The van der Waals surface area contributed by atoms with Crippen LogP contribution in [0.15, 0.2) is 47.4 Å². The zero-order chi connectivity index (χ0) is 14.8. The Hall–Kier alpha value is -1.79. The van der Waals surface area contributed by atoms with Crippen LogP contribution in [-0.4, -0.2) is 8.42 Å². The lowest BCUT2D eigenvalue weighted by Crippen LogP contribution is -2.23. The van der Waals surface area contributed by atoms with Gasteiger partial charge in [0.1, 0.15) is 0 Å². The molecule has 0 aliphatic rings. The highest BCUT2D eigenvalue weighted by Gasteiger charge is 2.16. The Bertz CT molecular complexity index is 712. The molecule has 2 aromatic carbocycles. The zero-order valence-electron chi connectivity index (χ0n) is 10.7. The lowest BCUT2D eigenvalue weighted by Gasteiger charge is -2.07. The first-order valence-corrected chi connectivity index (χ1v) is 7.37. The van der Waals surface area contributed by atoms with Gasteiger partial charge >= 0.3 is 0 Å². The number of aryl methyl sites for hydroxylation is 1. The molecule has 0 saturated heterocycles. The minimum Gasteiger partial charge on any atom is -0.207 e. The van der Waals surface area contributed by atoms with E-state index < -0.39 is 21.7 Å². The maximum Gasteiger partial charge on any atom is 0.240 e. The van der Waals surface area contributed by atoms with Crippen molar-refractivity contribution in [2.45, 2.75) is 18.4 Å². The molecule has 0 radical (unpaired) electrons. The van der Waals surface area contributed by atoms with E-state index in [4.69, 9.17) is 0 Å². The number of nitrogens with one attached hydrogen (secondary N) is 1. The van der Waals surface area contributed by atoms with Crippen LogP contribution < -0.4 is 4.72 Å². The maximum absolute atomic E-state index is 13.0. The van der Waals surface area contributed by atoms with Crippen LogP contribution in [0.1, 0.15) is 11.1 Å². The molecule has 2 aromatic rings. The SMILES string of the molecule is Cc1ccc(CNS(=O)(=O)c2ccc(F)c(F)c2)cc1. The van der Waals surface area contributed by atoms with Crippen LogP contribution in [0.5, 0.6) is 0 Å². The van der Waals surface area contributed by atoms with Crippen molar-refractivity contribution in [3.05, 3.63) is 65.2 Å². The summed E-state index contributed by atoms with van der Waals surface area (Å²) in [5.41, 5.74) is 1.85. The molecule has 1 N–H and O–H groups in total. The van der Waals surface area contributed by atoms with Gasteiger partial charge in [-0.05, 0) is 30.7 Å². The molecule has 0 fully saturated rings. The van der Waals surface area contributed by atoms with Crippen LogP contribution in [-0.2, 0) is 16.6 Å². The smallest absolute Gasteiger partial charge is 0.207 e. The second-order valence-corrected chi connectivity index (χ2v) is 6.15. The molecule has 6 heteroatoms. The normalized spacial score (nSPS) is 11.6. The molecule has 0 atom stereocenters. The van der Waals surface area contributed by atoms with Gasteiger partial charge in [0, 0.05) is 6.54 Å². The van der Waals surface area contributed by atoms with Crippen molar-refractivity contribution < 1.29 is 17.2 Å². The van der Waals surface area contributed by atoms with Crippen molar-refractivity contribution in [3.8, 4) is 0 Å². The summed E-state index contributed by atoms with van der Waals surface area (Å²) in [5.74, 6) is -2.27. The van der Waals surface area contributed by atoms with Crippen molar-refractivity contribution in [1.29, 1.82) is 0 Å². The summed E-state index contributed by atoms with van der Waals surface area (Å²) in [6, 6.07) is 9.78. The highest BCUT2D eigenvalue weighted by atomic mass is 32.2. The van der Waals surface area contributed by atoms with Crippen LogP contribution in [0.3, 0.4) is 0 Å². The fourth-order valence-electron chi connectivity index (χ4n) is 1.61. The fraction of sp³-hybridized carbons (Fsp3) is 0.143. The monoisotopic (exact) mass is 297 g/mol. The quantitative estimate of drug-likeness (QED) is 0.943. The lowest BCUT2D eigenvalue weighted by molar-refractivity contribution is 0.504. The zero-order valence-corrected chi connectivity index (χ0v) is 11.5. The average molecular weight is 297 g/mol. The molecule has 0 spiro atoms. The first kappa shape index (κ1) is 14.6. The second kappa shape index (κ2) is 5.68. The van der Waals surface area contributed by atoms with Crippen LogP contribution in [0.2, 0.25) is 0 Å². The van der Waals surface area contributed by atoms with E-state index in [1.165, 1.54) is 0 Å². The van der Waals surface area contributed by atoms with Crippen molar-refractivity contribution in [2.24, 2.45) is 0 Å². The molecule has 2 rings (SSSR count). The predicted octanol–water partition coefficient (Wildman–Crippen LogP) is 2.75. The first-order valence-electron chi connectivity index (χ1n) is 5.89. The van der Waals surface area contributed by atoms with Crippen LogP contribution in [0.25, 0.3) is 0 Å². The third kappa shape index (κ3) is 3.40. The van der Waals surface area contributed by atoms with Gasteiger partial charge in [-0.15, -0.1) is 0 Å². The molecule has 20 heavy (non-hydrogen) atoms. The molecule has 0 aliphatic heterocycles. The molecule has 0 heterocycles. The Kier molecular flexibility index (Phi) is 4.15. The predicted molar refractivity (Wildman–Crippen MR) is 71.6 cm³/mol. The van der Waals surface area contributed by atoms with Gasteiger partial charge in [0.05, 0.1) is 4.90 Å². The molecule has 106 valence electrons. The van der Waals surface area contributed by atoms with Crippen LogP contribution in [0.4, 0.5) is 8.78 Å². The minimum absolute atomic E-state index is 0.0849. The Labute approximate surface area is 116 Å². The van der Waals surface area contributed by atoms with Gasteiger partial charge in [0.2, 0.25) is 10.0 Å². The summed E-state index contributed by atoms with van der Waals surface area (Å²) >= 11 is 0. The third-order valence-corrected chi connectivity index (χ3v) is 4.19. The summed E-state index contributed by atoms with van der Waals surface area (Å²) in [4.78, 5) is -0.302. The number of sulfonamides is 1. The molecular formula is C14H13F2NO2S. The Morgan fingerprint density at radius 2 is 1.65 bits per heavy atom. The van der Waals surface area contributed by atoms with Gasteiger partial charge in [-0.3, -0.25) is 0 Å². The number of rotatable bonds is 4. The first-order chi connectivity index (χ1) is 9.38. The van der Waals surface area contributed by atoms with E-state index in [9.17, 15) is 17.2 Å². The minimum atomic E-state index is -3.86. The van der Waals surface area contributed by atoms with Crippen molar-refractivity contribution >= 4 is 10.0 Å². The summed E-state index contributed by atoms with van der Waals surface area (Å²) in [6.07, 6.45) is 0. The largest absolute Gasteiger partial charge is 0.240 e. The molecule has 0 aliphatic carbocycles. The number of hydrogen-bond donors (Lipinski definition) is 1. The second-order valence-electron chi connectivity index (χ2n) is 4.39. The van der Waals surface area contributed by atoms with Gasteiger partial charge in [-0.25, -0.2) is 21.9 Å². The number of hydrogen-bond acceptors (Lipinski definition) is 2. The van der Waals surface area contributed by atoms with E-state index >= 15 is 0 Å². The van der Waals surface area contributed by atoms with E-state index in [2.05, 4.69) is 4.72 Å². The summed E-state index contributed by atoms with van der Waals surface area (Å²) in [6.45, 7) is 2.01. The summed E-state index contributed by atoms with van der Waals surface area (Å²) < 4.78 is 52.0. The highest BCUT2D eigenvalue weighted by Crippen LogP contribution is 2.14. The van der Waals surface area contributed by atoms with Gasteiger partial charge in [0.15, 0.2) is 11.6 Å². The molecule has 0 bridgehead atoms. The molecule has 0 saturated carbocycles. The van der Waals surface area contributed by atoms with Crippen molar-refractivity contribution in [1.82, 2.24) is 4.72 Å². The topological polar surface area (TPSA) is 46.2 Å². The summed E-state index contributed by atoms with van der Waals surface area (Å²) in [5, 5.41) is 0. The van der Waals surface area contributed by atoms with Gasteiger partial charge in [0.25, 0.3) is 0 Å². The van der Waals surface area contributed by atoms with E-state index in [0.29, 0.717) is 6.07 Å². The Morgan fingerprint density at radius 3 is 2.25 bits per heavy atom. The maximum atomic E-state index is 13.0. The fourth-order valence-corrected chi connectivity index (χ4v) is 2.64. The molecular weight excluding hydrogens is 284 g/mol. The average Bonchev–Trinajstić information content (AvgIpc) is 2.41. The van der Waals surface area contributed by atoms with E-state index in [-0.39, 0.29) is 11.4 Å². The lowest BCUT2D eigenvalue weighted by atomic mass is 10.2. The molecule has 3 nitrogen and oxygen atoms in total. The van der Waals surface area contributed by atoms with E-state index in [0.717, 1.165) is 23.3 Å². The van der Waals surface area contributed by atoms with Crippen LogP contribution >= 0.6 is 0 Å². The van der Waals surface area contributed by atoms with E-state index in [1.54, 1.807) is 12.1 Å². The summed E-state index contributed by atoms with van der Waals surface area (Å²) in [7, 11) is -3.86. The molecule has 0 aromatic heterocycles. The van der Waals surface area contributed by atoms with Gasteiger partial charge in [-0.1, -0.05) is 29.8 Å². The Morgan fingerprint density at radius 1 is 1.00 bits per heavy atom. The molecule has 0 amide bonds. The third-order valence-electron chi connectivity index (χ3n) is 2.79. The van der Waals surface area contributed by atoms with Crippen molar-refractivity contribution in [2.75, 3.05) is 0 Å². The highest BCUT2D eigenvalue weighted by molar-refractivity contribution is 7.89. The number of halogens is 2. The molecule has 0 unspecified atom stereocenters. The van der Waals surface area contributed by atoms with E-state index in [1.807, 2.05) is 19.1 Å². The number of benzene rings is 2. The van der Waals surface area contributed by atoms with Crippen molar-refractivity contribution in [3.63, 3.8) is 0 Å². The van der Waals surface area contributed by atoms with Gasteiger partial charge < -0.3 is 0 Å². The Balaban J connectivity index is 2.14.